The zero-order valence-electron chi connectivity index (χ0n) is 6.47. The van der Waals surface area contributed by atoms with Crippen molar-refractivity contribution in [3.05, 3.63) is 28.2 Å². The third-order valence-corrected chi connectivity index (χ3v) is 2.13. The minimum Gasteiger partial charge on any atom is -0.316 e. The summed E-state index contributed by atoms with van der Waals surface area (Å²) in [6.07, 6.45) is 0. The molecule has 12 heavy (non-hydrogen) atoms. The molecule has 0 aromatic heterocycles. The maximum atomic E-state index is 10.6. The first-order valence-corrected chi connectivity index (χ1v) is 4.59. The lowest BCUT2D eigenvalue weighted by Gasteiger charge is -2.04. The molecular weight excluding hydrogens is 238 g/mol. The molecule has 1 rings (SSSR count). The van der Waals surface area contributed by atoms with Crippen molar-refractivity contribution in [3.8, 4) is 0 Å². The number of anilines is 1. The lowest BCUT2D eigenvalue weighted by atomic mass is 10.2. The Balaban J connectivity index is 2.93. The zero-order chi connectivity index (χ0) is 9.14. The molecule has 0 saturated carbocycles. The molecule has 0 unspecified atom stereocenters. The van der Waals surface area contributed by atoms with Crippen LogP contribution >= 0.6 is 28.6 Å². The molecule has 2 nitrogen and oxygen atoms in total. The molecule has 1 N–H and O–H groups in total. The van der Waals surface area contributed by atoms with Crippen LogP contribution in [0.5, 0.6) is 0 Å². The lowest BCUT2D eigenvalue weighted by Crippen LogP contribution is -2.01. The molecule has 64 valence electrons. The summed E-state index contributed by atoms with van der Waals surface area (Å²) in [5.74, 6) is 0. The molecule has 0 fully saturated rings. The molecule has 0 spiro atoms. The van der Waals surface area contributed by atoms with Crippen LogP contribution in [-0.2, 0) is 0 Å². The molecule has 4 heteroatoms. The highest BCUT2D eigenvalue weighted by atomic mass is 79.9. The van der Waals surface area contributed by atoms with Gasteiger partial charge in [0.1, 0.15) is 0 Å². The van der Waals surface area contributed by atoms with Crippen molar-refractivity contribution in [2.45, 2.75) is 6.92 Å². The van der Waals surface area contributed by atoms with Crippen molar-refractivity contribution in [2.75, 3.05) is 5.32 Å². The predicted octanol–water partition coefficient (Wildman–Crippen LogP) is 3.22. The number of hydrogen-bond donors (Lipinski definition) is 2. The Morgan fingerprint density at radius 3 is 2.75 bits per heavy atom. The number of nitrogens with one attached hydrogen (secondary N) is 1. The first-order valence-electron chi connectivity index (χ1n) is 3.35. The van der Waals surface area contributed by atoms with Gasteiger partial charge >= 0.3 is 0 Å². The normalized spacial score (nSPS) is 9.58. The molecule has 0 aliphatic heterocycles. The highest BCUT2D eigenvalue weighted by molar-refractivity contribution is 9.10. The van der Waals surface area contributed by atoms with Crippen LogP contribution in [0.1, 0.15) is 5.56 Å². The van der Waals surface area contributed by atoms with Crippen molar-refractivity contribution in [1.82, 2.24) is 0 Å². The second-order valence-electron chi connectivity index (χ2n) is 2.41. The largest absolute Gasteiger partial charge is 0.316 e. The fourth-order valence-corrected chi connectivity index (χ4v) is 1.55. The van der Waals surface area contributed by atoms with Crippen LogP contribution in [-0.4, -0.2) is 5.24 Å². The van der Waals surface area contributed by atoms with Gasteiger partial charge in [-0.2, -0.15) is 0 Å². The van der Waals surface area contributed by atoms with E-state index in [9.17, 15) is 4.79 Å². The van der Waals surface area contributed by atoms with E-state index < -0.39 is 0 Å². The van der Waals surface area contributed by atoms with E-state index in [0.29, 0.717) is 0 Å². The number of aryl methyl sites for hydroxylation is 1. The highest BCUT2D eigenvalue weighted by Gasteiger charge is 2.00. The zero-order valence-corrected chi connectivity index (χ0v) is 8.95. The smallest absolute Gasteiger partial charge is 0.280 e. The van der Waals surface area contributed by atoms with E-state index in [1.807, 2.05) is 25.1 Å². The van der Waals surface area contributed by atoms with Gasteiger partial charge in [-0.1, -0.05) is 18.7 Å². The number of amides is 1. The first kappa shape index (κ1) is 9.61. The summed E-state index contributed by atoms with van der Waals surface area (Å²) in [5, 5.41) is 2.22. The third kappa shape index (κ3) is 2.53. The Morgan fingerprint density at radius 1 is 1.58 bits per heavy atom. The monoisotopic (exact) mass is 245 g/mol. The summed E-state index contributed by atoms with van der Waals surface area (Å²) in [4.78, 5) is 10.6. The maximum absolute atomic E-state index is 10.6. The summed E-state index contributed by atoms with van der Waals surface area (Å²) < 4.78 is 0.866. The summed E-state index contributed by atoms with van der Waals surface area (Å²) in [6.45, 7) is 1.98. The molecule has 0 radical (unpaired) electrons. The van der Waals surface area contributed by atoms with Crippen LogP contribution in [0.2, 0.25) is 0 Å². The minimum absolute atomic E-state index is 0.362. The molecule has 1 aromatic carbocycles. The second-order valence-corrected chi connectivity index (χ2v) is 3.67. The van der Waals surface area contributed by atoms with E-state index >= 15 is 0 Å². The number of benzene rings is 1. The van der Waals surface area contributed by atoms with Crippen molar-refractivity contribution >= 4 is 39.5 Å². The summed E-state index contributed by atoms with van der Waals surface area (Å²) in [7, 11) is 0. The SMILES string of the molecule is Cc1ccc(NC(=O)S)c(Br)c1. The fourth-order valence-electron chi connectivity index (χ4n) is 0.837. The van der Waals surface area contributed by atoms with Crippen molar-refractivity contribution in [1.29, 1.82) is 0 Å². The number of hydrogen-bond acceptors (Lipinski definition) is 1. The maximum Gasteiger partial charge on any atom is 0.280 e. The molecule has 0 bridgehead atoms. The van der Waals surface area contributed by atoms with Gasteiger partial charge in [0.05, 0.1) is 5.69 Å². The van der Waals surface area contributed by atoms with Crippen LogP contribution in [0.15, 0.2) is 22.7 Å². The average molecular weight is 246 g/mol. The van der Waals surface area contributed by atoms with E-state index in [4.69, 9.17) is 0 Å². The number of rotatable bonds is 1. The van der Waals surface area contributed by atoms with Gasteiger partial charge in [0.25, 0.3) is 5.24 Å². The predicted molar refractivity (Wildman–Crippen MR) is 56.9 cm³/mol. The Kier molecular flexibility index (Phi) is 3.17. The Hall–Kier alpha value is -0.480. The van der Waals surface area contributed by atoms with Crippen molar-refractivity contribution in [3.63, 3.8) is 0 Å². The average Bonchev–Trinajstić information content (AvgIpc) is 1.94. The van der Waals surface area contributed by atoms with Gasteiger partial charge < -0.3 is 5.32 Å². The van der Waals surface area contributed by atoms with Crippen LogP contribution in [0.25, 0.3) is 0 Å². The quantitative estimate of drug-likeness (QED) is 0.732. The topological polar surface area (TPSA) is 29.1 Å². The van der Waals surface area contributed by atoms with Gasteiger partial charge in [0.15, 0.2) is 0 Å². The van der Waals surface area contributed by atoms with Crippen LogP contribution in [0.4, 0.5) is 10.5 Å². The highest BCUT2D eigenvalue weighted by Crippen LogP contribution is 2.23. The Morgan fingerprint density at radius 2 is 2.25 bits per heavy atom. The first-order chi connectivity index (χ1) is 5.59. The summed E-state index contributed by atoms with van der Waals surface area (Å²) in [5.41, 5.74) is 1.87. The second kappa shape index (κ2) is 3.96. The molecule has 0 heterocycles. The standard InChI is InChI=1S/C8H8BrNOS/c1-5-2-3-7(6(9)4-5)10-8(11)12/h2-4H,1H3,(H2,10,11,12). The van der Waals surface area contributed by atoms with Gasteiger partial charge in [0, 0.05) is 4.47 Å². The van der Waals surface area contributed by atoms with Crippen molar-refractivity contribution < 1.29 is 4.79 Å². The molecule has 0 atom stereocenters. The van der Waals surface area contributed by atoms with Gasteiger partial charge in [-0.3, -0.25) is 4.79 Å². The van der Waals surface area contributed by atoms with E-state index in [1.54, 1.807) is 0 Å². The fraction of sp³-hybridized carbons (Fsp3) is 0.125. The van der Waals surface area contributed by atoms with Crippen molar-refractivity contribution in [2.24, 2.45) is 0 Å². The number of carbonyl (C=O) groups is 1. The van der Waals surface area contributed by atoms with Gasteiger partial charge in [-0.15, -0.1) is 0 Å². The van der Waals surface area contributed by atoms with Crippen LogP contribution in [0.3, 0.4) is 0 Å². The molecule has 1 amide bonds. The minimum atomic E-state index is -0.362. The molecule has 0 aliphatic rings. The van der Waals surface area contributed by atoms with E-state index in [2.05, 4.69) is 33.9 Å². The van der Waals surface area contributed by atoms with E-state index in [0.717, 1.165) is 15.7 Å². The molecule has 0 aliphatic carbocycles. The lowest BCUT2D eigenvalue weighted by molar-refractivity contribution is 0.270. The summed E-state index contributed by atoms with van der Waals surface area (Å²) >= 11 is 6.94. The molecular formula is C8H8BrNOS. The Labute approximate surface area is 84.9 Å². The van der Waals surface area contributed by atoms with Gasteiger partial charge in [0.2, 0.25) is 0 Å². The number of halogens is 1. The van der Waals surface area contributed by atoms with Gasteiger partial charge in [-0.05, 0) is 40.5 Å². The van der Waals surface area contributed by atoms with Crippen LogP contribution in [0, 0.1) is 6.92 Å². The van der Waals surface area contributed by atoms with Crippen LogP contribution < -0.4 is 5.32 Å². The third-order valence-electron chi connectivity index (χ3n) is 1.37. The van der Waals surface area contributed by atoms with E-state index in [-0.39, 0.29) is 5.24 Å². The van der Waals surface area contributed by atoms with Gasteiger partial charge in [-0.25, -0.2) is 0 Å². The number of thiol groups is 1. The molecule has 0 saturated heterocycles. The Bertz CT molecular complexity index is 314. The van der Waals surface area contributed by atoms with E-state index in [1.165, 1.54) is 0 Å². The number of carbonyl (C=O) groups excluding carboxylic acids is 1. The molecule has 1 aromatic rings. The summed E-state index contributed by atoms with van der Waals surface area (Å²) in [6, 6.07) is 5.68.